The van der Waals surface area contributed by atoms with Gasteiger partial charge in [0.25, 0.3) is 0 Å². The number of methoxy groups -OCH3 is 1. The highest BCUT2D eigenvalue weighted by molar-refractivity contribution is 5.91. The van der Waals surface area contributed by atoms with Gasteiger partial charge in [0.15, 0.2) is 0 Å². The predicted octanol–water partition coefficient (Wildman–Crippen LogP) is 3.57. The van der Waals surface area contributed by atoms with Gasteiger partial charge >= 0.3 is 0 Å². The molecule has 124 valence electrons. The lowest BCUT2D eigenvalue weighted by Gasteiger charge is -2.21. The van der Waals surface area contributed by atoms with Gasteiger partial charge in [-0.05, 0) is 43.9 Å². The minimum atomic E-state index is 0. The van der Waals surface area contributed by atoms with Gasteiger partial charge in [-0.2, -0.15) is 0 Å². The van der Waals surface area contributed by atoms with E-state index in [1.165, 1.54) is 12.8 Å². The van der Waals surface area contributed by atoms with Crippen molar-refractivity contribution in [3.8, 4) is 5.75 Å². The first-order valence-corrected chi connectivity index (χ1v) is 7.87. The molecule has 0 radical (unpaired) electrons. The lowest BCUT2D eigenvalue weighted by Crippen LogP contribution is -2.30. The summed E-state index contributed by atoms with van der Waals surface area (Å²) < 4.78 is 5.16. The lowest BCUT2D eigenvalue weighted by atomic mass is 10.2. The zero-order valence-corrected chi connectivity index (χ0v) is 14.3. The molecule has 1 aromatic rings. The van der Waals surface area contributed by atoms with Crippen LogP contribution in [0.5, 0.6) is 5.75 Å². The Labute approximate surface area is 139 Å². The molecule has 22 heavy (non-hydrogen) atoms. The Hall–Kier alpha value is -1.26. The van der Waals surface area contributed by atoms with Gasteiger partial charge in [-0.15, -0.1) is 12.4 Å². The van der Waals surface area contributed by atoms with Crippen LogP contribution >= 0.6 is 12.4 Å². The molecule has 1 aromatic carbocycles. The fourth-order valence-electron chi connectivity index (χ4n) is 2.46. The highest BCUT2D eigenvalue weighted by Gasteiger charge is 2.24. The van der Waals surface area contributed by atoms with Crippen molar-refractivity contribution in [3.05, 3.63) is 24.3 Å². The minimum Gasteiger partial charge on any atom is -0.497 e. The van der Waals surface area contributed by atoms with Crippen molar-refractivity contribution < 1.29 is 9.53 Å². The Balaban J connectivity index is 0.00000242. The van der Waals surface area contributed by atoms with Crippen molar-refractivity contribution in [2.24, 2.45) is 5.92 Å². The SMILES string of the molecule is CCCN(CCC(=O)Nc1cccc(OC)c1)CC1CC1.Cl. The number of rotatable bonds is 9. The van der Waals surface area contributed by atoms with Crippen molar-refractivity contribution in [2.75, 3.05) is 32.1 Å². The van der Waals surface area contributed by atoms with Gasteiger partial charge < -0.3 is 15.0 Å². The number of ether oxygens (including phenoxy) is 1. The smallest absolute Gasteiger partial charge is 0.225 e. The molecule has 0 spiro atoms. The zero-order valence-electron chi connectivity index (χ0n) is 13.5. The van der Waals surface area contributed by atoms with Gasteiger partial charge in [0.05, 0.1) is 7.11 Å². The molecule has 5 heteroatoms. The Morgan fingerprint density at radius 1 is 1.36 bits per heavy atom. The molecule has 1 saturated carbocycles. The number of amides is 1. The normalized spacial score (nSPS) is 13.6. The van der Waals surface area contributed by atoms with Crippen LogP contribution in [0.3, 0.4) is 0 Å². The molecule has 0 saturated heterocycles. The molecule has 1 amide bonds. The van der Waals surface area contributed by atoms with Crippen molar-refractivity contribution in [1.82, 2.24) is 4.90 Å². The van der Waals surface area contributed by atoms with E-state index < -0.39 is 0 Å². The molecule has 0 bridgehead atoms. The Kier molecular flexibility index (Phi) is 8.28. The lowest BCUT2D eigenvalue weighted by molar-refractivity contribution is -0.116. The fraction of sp³-hybridized carbons (Fsp3) is 0.588. The number of halogens is 1. The van der Waals surface area contributed by atoms with E-state index in [4.69, 9.17) is 4.74 Å². The average molecular weight is 327 g/mol. The first kappa shape index (κ1) is 18.8. The van der Waals surface area contributed by atoms with E-state index in [1.807, 2.05) is 24.3 Å². The van der Waals surface area contributed by atoms with Crippen LogP contribution in [0, 0.1) is 5.92 Å². The summed E-state index contributed by atoms with van der Waals surface area (Å²) in [6.07, 6.45) is 4.40. The Morgan fingerprint density at radius 2 is 2.14 bits per heavy atom. The van der Waals surface area contributed by atoms with Crippen molar-refractivity contribution in [2.45, 2.75) is 32.6 Å². The number of carbonyl (C=O) groups is 1. The van der Waals surface area contributed by atoms with Crippen molar-refractivity contribution >= 4 is 24.0 Å². The summed E-state index contributed by atoms with van der Waals surface area (Å²) in [4.78, 5) is 14.5. The summed E-state index contributed by atoms with van der Waals surface area (Å²) in [7, 11) is 1.63. The van der Waals surface area contributed by atoms with Crippen LogP contribution in [0.4, 0.5) is 5.69 Å². The summed E-state index contributed by atoms with van der Waals surface area (Å²) in [5.74, 6) is 1.70. The summed E-state index contributed by atoms with van der Waals surface area (Å²) in [6.45, 7) is 5.28. The van der Waals surface area contributed by atoms with Crippen LogP contribution in [0.2, 0.25) is 0 Å². The third-order valence-corrected chi connectivity index (χ3v) is 3.76. The number of hydrogen-bond acceptors (Lipinski definition) is 3. The second kappa shape index (κ2) is 9.70. The number of hydrogen-bond donors (Lipinski definition) is 1. The summed E-state index contributed by atoms with van der Waals surface area (Å²) in [5.41, 5.74) is 0.795. The van der Waals surface area contributed by atoms with Crippen LogP contribution in [0.15, 0.2) is 24.3 Å². The van der Waals surface area contributed by atoms with Gasteiger partial charge in [-0.25, -0.2) is 0 Å². The third kappa shape index (κ3) is 6.67. The maximum atomic E-state index is 12.0. The molecule has 1 aliphatic carbocycles. The predicted molar refractivity (Wildman–Crippen MR) is 92.9 cm³/mol. The van der Waals surface area contributed by atoms with Crippen molar-refractivity contribution in [3.63, 3.8) is 0 Å². The van der Waals surface area contributed by atoms with Gasteiger partial charge in [-0.3, -0.25) is 4.79 Å². The van der Waals surface area contributed by atoms with Gasteiger partial charge in [0.2, 0.25) is 5.91 Å². The Morgan fingerprint density at radius 3 is 2.77 bits per heavy atom. The quantitative estimate of drug-likeness (QED) is 0.754. The van der Waals surface area contributed by atoms with Gasteiger partial charge in [-0.1, -0.05) is 13.0 Å². The molecular weight excluding hydrogens is 300 g/mol. The highest BCUT2D eigenvalue weighted by Crippen LogP contribution is 2.29. The van der Waals surface area contributed by atoms with Gasteiger partial charge in [0, 0.05) is 31.3 Å². The van der Waals surface area contributed by atoms with Crippen LogP contribution in [0.25, 0.3) is 0 Å². The number of anilines is 1. The molecule has 1 fully saturated rings. The monoisotopic (exact) mass is 326 g/mol. The molecule has 1 aliphatic rings. The molecule has 2 rings (SSSR count). The number of nitrogens with one attached hydrogen (secondary N) is 1. The molecule has 0 aliphatic heterocycles. The molecular formula is C17H27ClN2O2. The van der Waals surface area contributed by atoms with E-state index in [0.717, 1.165) is 43.4 Å². The maximum Gasteiger partial charge on any atom is 0.225 e. The van der Waals surface area contributed by atoms with Crippen molar-refractivity contribution in [1.29, 1.82) is 0 Å². The summed E-state index contributed by atoms with van der Waals surface area (Å²) in [6, 6.07) is 7.47. The van der Waals surface area contributed by atoms with Crippen LogP contribution < -0.4 is 10.1 Å². The minimum absolute atomic E-state index is 0. The van der Waals surface area contributed by atoms with E-state index in [1.54, 1.807) is 7.11 Å². The summed E-state index contributed by atoms with van der Waals surface area (Å²) in [5, 5.41) is 2.94. The largest absolute Gasteiger partial charge is 0.497 e. The van der Waals surface area contributed by atoms with E-state index in [9.17, 15) is 4.79 Å². The molecule has 1 N–H and O–H groups in total. The molecule has 0 atom stereocenters. The molecule has 0 heterocycles. The molecule has 0 unspecified atom stereocenters. The number of nitrogens with zero attached hydrogens (tertiary/aromatic N) is 1. The van der Waals surface area contributed by atoms with E-state index >= 15 is 0 Å². The third-order valence-electron chi connectivity index (χ3n) is 3.76. The molecule has 4 nitrogen and oxygen atoms in total. The van der Waals surface area contributed by atoms with Crippen LogP contribution in [-0.4, -0.2) is 37.6 Å². The highest BCUT2D eigenvalue weighted by atomic mass is 35.5. The Bertz CT molecular complexity index is 464. The van der Waals surface area contributed by atoms with E-state index in [0.29, 0.717) is 6.42 Å². The second-order valence-electron chi connectivity index (χ2n) is 5.77. The second-order valence-corrected chi connectivity index (χ2v) is 5.77. The zero-order chi connectivity index (χ0) is 15.1. The number of benzene rings is 1. The fourth-order valence-corrected chi connectivity index (χ4v) is 2.46. The maximum absolute atomic E-state index is 12.0. The van der Waals surface area contributed by atoms with E-state index in [-0.39, 0.29) is 18.3 Å². The average Bonchev–Trinajstić information content (AvgIpc) is 3.29. The number of carbonyl (C=O) groups excluding carboxylic acids is 1. The van der Waals surface area contributed by atoms with Crippen LogP contribution in [-0.2, 0) is 4.79 Å². The first-order valence-electron chi connectivity index (χ1n) is 7.87. The van der Waals surface area contributed by atoms with E-state index in [2.05, 4.69) is 17.1 Å². The first-order chi connectivity index (χ1) is 10.2. The van der Waals surface area contributed by atoms with Gasteiger partial charge in [0.1, 0.15) is 5.75 Å². The van der Waals surface area contributed by atoms with Crippen LogP contribution in [0.1, 0.15) is 32.6 Å². The molecule has 0 aromatic heterocycles. The standard InChI is InChI=1S/C17H26N2O2.ClH/c1-3-10-19(13-14-7-8-14)11-9-17(20)18-15-5-4-6-16(12-15)21-2;/h4-6,12,14H,3,7-11,13H2,1-2H3,(H,18,20);1H. The summed E-state index contributed by atoms with van der Waals surface area (Å²) >= 11 is 0. The topological polar surface area (TPSA) is 41.6 Å².